The summed E-state index contributed by atoms with van der Waals surface area (Å²) in [5, 5.41) is 22.5. The highest BCUT2D eigenvalue weighted by molar-refractivity contribution is 8.00. The number of carbonyl (C=O) groups excluding carboxylic acids is 1. The van der Waals surface area contributed by atoms with E-state index in [-0.39, 0.29) is 11.2 Å². The van der Waals surface area contributed by atoms with Crippen molar-refractivity contribution in [2.45, 2.75) is 24.3 Å². The fourth-order valence-electron chi connectivity index (χ4n) is 2.22. The van der Waals surface area contributed by atoms with Crippen LogP contribution in [0.25, 0.3) is 5.69 Å². The Morgan fingerprint density at radius 1 is 1.40 bits per heavy atom. The molecule has 25 heavy (non-hydrogen) atoms. The van der Waals surface area contributed by atoms with Crippen molar-refractivity contribution >= 4 is 34.0 Å². The maximum absolute atomic E-state index is 12.4. The molecule has 0 aliphatic carbocycles. The molecule has 1 amide bonds. The van der Waals surface area contributed by atoms with Crippen molar-refractivity contribution in [2.24, 2.45) is 0 Å². The standard InChI is InChI=1S/C17H15N5OS2/c1-11-5-3-4-6-14(11)22-10-19-21-17(22)25-12(2)15(23)20-16-13(9-18)7-8-24-16/h3-8,10,12H,1-2H3,(H,20,23)/t12-/m1/s1. The monoisotopic (exact) mass is 369 g/mol. The van der Waals surface area contributed by atoms with Gasteiger partial charge in [0.2, 0.25) is 5.91 Å². The topological polar surface area (TPSA) is 83.6 Å². The molecular weight excluding hydrogens is 354 g/mol. The first-order valence-electron chi connectivity index (χ1n) is 7.51. The minimum Gasteiger partial charge on any atom is -0.316 e. The molecule has 0 radical (unpaired) electrons. The second-order valence-electron chi connectivity index (χ2n) is 5.29. The number of anilines is 1. The Hall–Kier alpha value is -2.63. The largest absolute Gasteiger partial charge is 0.316 e. The molecule has 0 aliphatic heterocycles. The van der Waals surface area contributed by atoms with Crippen molar-refractivity contribution in [1.29, 1.82) is 5.26 Å². The van der Waals surface area contributed by atoms with Crippen LogP contribution in [-0.2, 0) is 4.79 Å². The molecule has 0 saturated carbocycles. The summed E-state index contributed by atoms with van der Waals surface area (Å²) in [5.41, 5.74) is 2.55. The van der Waals surface area contributed by atoms with Gasteiger partial charge in [0.1, 0.15) is 17.4 Å². The number of amides is 1. The summed E-state index contributed by atoms with van der Waals surface area (Å²) < 4.78 is 1.87. The molecule has 3 rings (SSSR count). The Labute approximate surface area is 153 Å². The van der Waals surface area contributed by atoms with E-state index in [9.17, 15) is 4.79 Å². The summed E-state index contributed by atoms with van der Waals surface area (Å²) in [5.74, 6) is -0.178. The number of rotatable bonds is 5. The number of nitriles is 1. The Balaban J connectivity index is 1.75. The van der Waals surface area contributed by atoms with Crippen LogP contribution in [-0.4, -0.2) is 25.9 Å². The van der Waals surface area contributed by atoms with E-state index in [0.717, 1.165) is 11.3 Å². The molecule has 3 aromatic rings. The van der Waals surface area contributed by atoms with Gasteiger partial charge in [-0.3, -0.25) is 9.36 Å². The number of nitrogens with one attached hydrogen (secondary N) is 1. The molecule has 2 heterocycles. The normalized spacial score (nSPS) is 11.7. The average molecular weight is 369 g/mol. The molecule has 0 bridgehead atoms. The summed E-state index contributed by atoms with van der Waals surface area (Å²) in [7, 11) is 0. The minimum atomic E-state index is -0.388. The van der Waals surface area contributed by atoms with Crippen molar-refractivity contribution in [3.05, 3.63) is 53.2 Å². The van der Waals surface area contributed by atoms with Crippen LogP contribution in [0.2, 0.25) is 0 Å². The van der Waals surface area contributed by atoms with Gasteiger partial charge in [0, 0.05) is 0 Å². The number of hydrogen-bond acceptors (Lipinski definition) is 6. The Morgan fingerprint density at radius 3 is 2.96 bits per heavy atom. The molecule has 1 atom stereocenters. The fraction of sp³-hybridized carbons (Fsp3) is 0.176. The highest BCUT2D eigenvalue weighted by Crippen LogP contribution is 2.27. The van der Waals surface area contributed by atoms with Gasteiger partial charge < -0.3 is 5.32 Å². The van der Waals surface area contributed by atoms with Gasteiger partial charge in [0.05, 0.1) is 16.5 Å². The van der Waals surface area contributed by atoms with Crippen LogP contribution < -0.4 is 5.32 Å². The fourth-order valence-corrected chi connectivity index (χ4v) is 3.80. The summed E-state index contributed by atoms with van der Waals surface area (Å²) in [6, 6.07) is 11.7. The third-order valence-electron chi connectivity index (χ3n) is 3.57. The van der Waals surface area contributed by atoms with Crippen molar-refractivity contribution in [2.75, 3.05) is 5.32 Å². The predicted octanol–water partition coefficient (Wildman–Crippen LogP) is 3.63. The zero-order valence-electron chi connectivity index (χ0n) is 13.6. The molecule has 126 valence electrons. The minimum absolute atomic E-state index is 0.178. The number of aromatic nitrogens is 3. The number of carbonyl (C=O) groups is 1. The van der Waals surface area contributed by atoms with E-state index in [1.165, 1.54) is 23.1 Å². The van der Waals surface area contributed by atoms with Crippen LogP contribution in [0.5, 0.6) is 0 Å². The quantitative estimate of drug-likeness (QED) is 0.694. The maximum atomic E-state index is 12.4. The first-order valence-corrected chi connectivity index (χ1v) is 9.27. The molecule has 0 spiro atoms. The molecule has 0 aliphatic rings. The summed E-state index contributed by atoms with van der Waals surface area (Å²) in [6.07, 6.45) is 1.64. The van der Waals surface area contributed by atoms with E-state index in [2.05, 4.69) is 21.6 Å². The predicted molar refractivity (Wildman–Crippen MR) is 99.1 cm³/mol. The third kappa shape index (κ3) is 3.73. The van der Waals surface area contributed by atoms with E-state index in [0.29, 0.717) is 15.7 Å². The smallest absolute Gasteiger partial charge is 0.238 e. The molecular formula is C17H15N5OS2. The second-order valence-corrected chi connectivity index (χ2v) is 7.52. The van der Waals surface area contributed by atoms with Gasteiger partial charge in [-0.25, -0.2) is 0 Å². The van der Waals surface area contributed by atoms with Crippen molar-refractivity contribution in [3.63, 3.8) is 0 Å². The van der Waals surface area contributed by atoms with Crippen LogP contribution in [0.3, 0.4) is 0 Å². The van der Waals surface area contributed by atoms with Crippen LogP contribution in [0.4, 0.5) is 5.00 Å². The zero-order chi connectivity index (χ0) is 17.8. The lowest BCUT2D eigenvalue weighted by atomic mass is 10.2. The summed E-state index contributed by atoms with van der Waals surface area (Å²) >= 11 is 2.66. The van der Waals surface area contributed by atoms with Gasteiger partial charge in [-0.15, -0.1) is 21.5 Å². The zero-order valence-corrected chi connectivity index (χ0v) is 15.3. The molecule has 8 heteroatoms. The molecule has 1 N–H and O–H groups in total. The number of hydrogen-bond donors (Lipinski definition) is 1. The number of benzene rings is 1. The molecule has 2 aromatic heterocycles. The van der Waals surface area contributed by atoms with Gasteiger partial charge in [0.25, 0.3) is 0 Å². The molecule has 0 fully saturated rings. The first-order chi connectivity index (χ1) is 12.1. The van der Waals surface area contributed by atoms with E-state index in [1.54, 1.807) is 24.7 Å². The van der Waals surface area contributed by atoms with Crippen LogP contribution >= 0.6 is 23.1 Å². The Morgan fingerprint density at radius 2 is 2.20 bits per heavy atom. The van der Waals surface area contributed by atoms with Gasteiger partial charge in [-0.05, 0) is 36.9 Å². The van der Waals surface area contributed by atoms with E-state index in [1.807, 2.05) is 35.8 Å². The van der Waals surface area contributed by atoms with Crippen LogP contribution in [0.15, 0.2) is 47.2 Å². The number of para-hydroxylation sites is 1. The lowest BCUT2D eigenvalue weighted by Gasteiger charge is -2.13. The highest BCUT2D eigenvalue weighted by atomic mass is 32.2. The second kappa shape index (κ2) is 7.51. The average Bonchev–Trinajstić information content (AvgIpc) is 3.24. The van der Waals surface area contributed by atoms with Crippen LogP contribution in [0, 0.1) is 18.3 Å². The number of aryl methyl sites for hydroxylation is 1. The van der Waals surface area contributed by atoms with Crippen molar-refractivity contribution in [3.8, 4) is 11.8 Å². The SMILES string of the molecule is Cc1ccccc1-n1cnnc1S[C@H](C)C(=O)Nc1sccc1C#N. The van der Waals surface area contributed by atoms with E-state index in [4.69, 9.17) is 5.26 Å². The Bertz CT molecular complexity index is 940. The number of nitrogens with zero attached hydrogens (tertiary/aromatic N) is 4. The Kier molecular flexibility index (Phi) is 5.16. The van der Waals surface area contributed by atoms with Crippen LogP contribution in [0.1, 0.15) is 18.1 Å². The lowest BCUT2D eigenvalue weighted by molar-refractivity contribution is -0.115. The molecule has 0 unspecified atom stereocenters. The van der Waals surface area contributed by atoms with Crippen molar-refractivity contribution in [1.82, 2.24) is 14.8 Å². The maximum Gasteiger partial charge on any atom is 0.238 e. The number of thiophene rings is 1. The first kappa shape index (κ1) is 17.2. The summed E-state index contributed by atoms with van der Waals surface area (Å²) in [4.78, 5) is 12.4. The summed E-state index contributed by atoms with van der Waals surface area (Å²) in [6.45, 7) is 3.82. The highest BCUT2D eigenvalue weighted by Gasteiger charge is 2.20. The molecule has 0 saturated heterocycles. The van der Waals surface area contributed by atoms with Gasteiger partial charge in [0.15, 0.2) is 5.16 Å². The van der Waals surface area contributed by atoms with E-state index < -0.39 is 0 Å². The number of thioether (sulfide) groups is 1. The van der Waals surface area contributed by atoms with Gasteiger partial charge >= 0.3 is 0 Å². The third-order valence-corrected chi connectivity index (χ3v) is 5.45. The lowest BCUT2D eigenvalue weighted by Crippen LogP contribution is -2.22. The van der Waals surface area contributed by atoms with E-state index >= 15 is 0 Å². The van der Waals surface area contributed by atoms with Crippen molar-refractivity contribution < 1.29 is 4.79 Å². The van der Waals surface area contributed by atoms with Gasteiger partial charge in [-0.1, -0.05) is 30.0 Å². The van der Waals surface area contributed by atoms with Gasteiger partial charge in [-0.2, -0.15) is 5.26 Å². The molecule has 1 aromatic carbocycles. The molecule has 6 nitrogen and oxygen atoms in total.